The van der Waals surface area contributed by atoms with Gasteiger partial charge in [-0.2, -0.15) is 0 Å². The van der Waals surface area contributed by atoms with Crippen LogP contribution in [0, 0.1) is 0 Å². The van der Waals surface area contributed by atoms with Crippen molar-refractivity contribution in [2.24, 2.45) is 0 Å². The summed E-state index contributed by atoms with van der Waals surface area (Å²) in [5.41, 5.74) is -0.490. The molecule has 5 nitrogen and oxygen atoms in total. The molecule has 0 rings (SSSR count). The molecule has 0 aliphatic carbocycles. The van der Waals surface area contributed by atoms with Crippen LogP contribution in [0.5, 0.6) is 0 Å². The molecule has 0 saturated heterocycles. The van der Waals surface area contributed by atoms with Crippen molar-refractivity contribution < 1.29 is 13.2 Å². The summed E-state index contributed by atoms with van der Waals surface area (Å²) in [6.45, 7) is 6.82. The van der Waals surface area contributed by atoms with Crippen LogP contribution in [0.4, 0.5) is 0 Å². The molecule has 1 unspecified atom stereocenters. The lowest BCUT2D eigenvalue weighted by atomic mass is 10.1. The van der Waals surface area contributed by atoms with Gasteiger partial charge in [0.25, 0.3) is 0 Å². The van der Waals surface area contributed by atoms with E-state index in [-0.39, 0.29) is 6.04 Å². The van der Waals surface area contributed by atoms with Crippen LogP contribution in [-0.2, 0) is 14.8 Å². The van der Waals surface area contributed by atoms with E-state index in [1.54, 1.807) is 7.11 Å². The van der Waals surface area contributed by atoms with Gasteiger partial charge in [0.05, 0.1) is 12.9 Å². The zero-order valence-corrected chi connectivity index (χ0v) is 10.9. The van der Waals surface area contributed by atoms with E-state index in [0.717, 1.165) is 6.26 Å². The van der Waals surface area contributed by atoms with Crippen LogP contribution in [0.1, 0.15) is 20.8 Å². The predicted octanol–water partition coefficient (Wildman–Crippen LogP) is -0.0613. The standard InChI is InChI=1S/C9H22N2O3S/c1-8(6-14-4)10-7-9(2,3)11-15(5,12)13/h8,10-11H,6-7H2,1-5H3. The Morgan fingerprint density at radius 2 is 1.93 bits per heavy atom. The zero-order valence-electron chi connectivity index (χ0n) is 10.1. The molecule has 0 bridgehead atoms. The molecule has 1 atom stereocenters. The maximum atomic E-state index is 11.1. The lowest BCUT2D eigenvalue weighted by molar-refractivity contribution is 0.169. The van der Waals surface area contributed by atoms with Gasteiger partial charge in [0.15, 0.2) is 0 Å². The van der Waals surface area contributed by atoms with Gasteiger partial charge in [-0.1, -0.05) is 0 Å². The molecule has 0 spiro atoms. The topological polar surface area (TPSA) is 67.4 Å². The molecule has 15 heavy (non-hydrogen) atoms. The fraction of sp³-hybridized carbons (Fsp3) is 1.00. The second-order valence-electron chi connectivity index (χ2n) is 4.50. The minimum atomic E-state index is -3.16. The first-order chi connectivity index (χ1) is 6.66. The van der Waals surface area contributed by atoms with Gasteiger partial charge >= 0.3 is 0 Å². The van der Waals surface area contributed by atoms with Gasteiger partial charge in [-0.05, 0) is 20.8 Å². The van der Waals surface area contributed by atoms with Gasteiger partial charge in [0.1, 0.15) is 0 Å². The highest BCUT2D eigenvalue weighted by Crippen LogP contribution is 2.02. The molecule has 6 heteroatoms. The third kappa shape index (κ3) is 8.80. The van der Waals surface area contributed by atoms with Crippen molar-refractivity contribution >= 4 is 10.0 Å². The molecular formula is C9H22N2O3S. The van der Waals surface area contributed by atoms with Gasteiger partial charge in [-0.25, -0.2) is 13.1 Å². The summed E-state index contributed by atoms with van der Waals surface area (Å²) in [5, 5.41) is 3.19. The highest BCUT2D eigenvalue weighted by molar-refractivity contribution is 7.88. The molecule has 0 aromatic carbocycles. The van der Waals surface area contributed by atoms with E-state index in [1.165, 1.54) is 0 Å². The molecule has 2 N–H and O–H groups in total. The number of rotatable bonds is 7. The Hall–Kier alpha value is -0.170. The van der Waals surface area contributed by atoms with E-state index < -0.39 is 15.6 Å². The molecule has 0 saturated carbocycles. The van der Waals surface area contributed by atoms with E-state index in [0.29, 0.717) is 13.2 Å². The normalized spacial score (nSPS) is 15.3. The lowest BCUT2D eigenvalue weighted by Crippen LogP contribution is -2.51. The Bertz CT molecular complexity index is 275. The largest absolute Gasteiger partial charge is 0.383 e. The highest BCUT2D eigenvalue weighted by atomic mass is 32.2. The van der Waals surface area contributed by atoms with Crippen LogP contribution in [0.15, 0.2) is 0 Å². The van der Waals surface area contributed by atoms with Crippen molar-refractivity contribution in [2.75, 3.05) is 26.5 Å². The third-order valence-electron chi connectivity index (χ3n) is 1.77. The number of hydrogen-bond acceptors (Lipinski definition) is 4. The molecule has 0 aliphatic heterocycles. The lowest BCUT2D eigenvalue weighted by Gasteiger charge is -2.27. The summed E-state index contributed by atoms with van der Waals surface area (Å²) in [6, 6.07) is 0.204. The van der Waals surface area contributed by atoms with Crippen LogP contribution in [-0.4, -0.2) is 46.5 Å². The zero-order chi connectivity index (χ0) is 12.1. The predicted molar refractivity (Wildman–Crippen MR) is 61.4 cm³/mol. The fourth-order valence-corrected chi connectivity index (χ4v) is 2.35. The van der Waals surface area contributed by atoms with E-state index in [4.69, 9.17) is 4.74 Å². The molecule has 0 aliphatic rings. The van der Waals surface area contributed by atoms with Crippen molar-refractivity contribution in [1.29, 1.82) is 0 Å². The number of nitrogens with one attached hydrogen (secondary N) is 2. The molecule has 0 fully saturated rings. The molecule has 0 radical (unpaired) electrons. The summed E-state index contributed by atoms with van der Waals surface area (Å²) in [6.07, 6.45) is 1.16. The average molecular weight is 238 g/mol. The molecule has 0 amide bonds. The van der Waals surface area contributed by atoms with E-state index in [9.17, 15) is 8.42 Å². The van der Waals surface area contributed by atoms with Crippen LogP contribution in [0.2, 0.25) is 0 Å². The van der Waals surface area contributed by atoms with Crippen LogP contribution < -0.4 is 10.0 Å². The second-order valence-corrected chi connectivity index (χ2v) is 6.24. The Morgan fingerprint density at radius 1 is 1.40 bits per heavy atom. The summed E-state index contributed by atoms with van der Waals surface area (Å²) >= 11 is 0. The molecule has 92 valence electrons. The van der Waals surface area contributed by atoms with Gasteiger partial charge in [0.2, 0.25) is 10.0 Å². The first-order valence-corrected chi connectivity index (χ1v) is 6.77. The highest BCUT2D eigenvalue weighted by Gasteiger charge is 2.22. The monoisotopic (exact) mass is 238 g/mol. The quantitative estimate of drug-likeness (QED) is 0.652. The van der Waals surface area contributed by atoms with Gasteiger partial charge < -0.3 is 10.1 Å². The van der Waals surface area contributed by atoms with Crippen LogP contribution >= 0.6 is 0 Å². The second kappa shape index (κ2) is 5.79. The Kier molecular flexibility index (Phi) is 5.72. The minimum absolute atomic E-state index is 0.204. The van der Waals surface area contributed by atoms with Crippen LogP contribution in [0.3, 0.4) is 0 Å². The maximum absolute atomic E-state index is 11.1. The third-order valence-corrected chi connectivity index (χ3v) is 2.69. The first-order valence-electron chi connectivity index (χ1n) is 4.87. The summed E-state index contributed by atoms with van der Waals surface area (Å²) in [5.74, 6) is 0. The minimum Gasteiger partial charge on any atom is -0.383 e. The molecule has 0 heterocycles. The Morgan fingerprint density at radius 3 is 2.33 bits per heavy atom. The Labute approximate surface area is 92.6 Å². The van der Waals surface area contributed by atoms with Crippen molar-refractivity contribution in [3.8, 4) is 0 Å². The van der Waals surface area contributed by atoms with Gasteiger partial charge in [0, 0.05) is 25.2 Å². The number of ether oxygens (including phenoxy) is 1. The first kappa shape index (κ1) is 14.8. The molecule has 0 aromatic heterocycles. The number of methoxy groups -OCH3 is 1. The fourth-order valence-electron chi connectivity index (χ4n) is 1.28. The maximum Gasteiger partial charge on any atom is 0.209 e. The van der Waals surface area contributed by atoms with Crippen molar-refractivity contribution in [3.05, 3.63) is 0 Å². The summed E-state index contributed by atoms with van der Waals surface area (Å²) in [4.78, 5) is 0. The molecular weight excluding hydrogens is 216 g/mol. The average Bonchev–Trinajstić information content (AvgIpc) is 1.97. The van der Waals surface area contributed by atoms with Crippen molar-refractivity contribution in [2.45, 2.75) is 32.4 Å². The van der Waals surface area contributed by atoms with Crippen molar-refractivity contribution in [1.82, 2.24) is 10.0 Å². The summed E-state index contributed by atoms with van der Waals surface area (Å²) < 4.78 is 29.6. The van der Waals surface area contributed by atoms with Gasteiger partial charge in [-0.15, -0.1) is 0 Å². The Balaban J connectivity index is 4.04. The summed E-state index contributed by atoms with van der Waals surface area (Å²) in [7, 11) is -1.53. The van der Waals surface area contributed by atoms with Crippen molar-refractivity contribution in [3.63, 3.8) is 0 Å². The SMILES string of the molecule is COCC(C)NCC(C)(C)NS(C)(=O)=O. The van der Waals surface area contributed by atoms with E-state index in [1.807, 2.05) is 20.8 Å². The van der Waals surface area contributed by atoms with E-state index in [2.05, 4.69) is 10.0 Å². The smallest absolute Gasteiger partial charge is 0.209 e. The number of sulfonamides is 1. The van der Waals surface area contributed by atoms with E-state index >= 15 is 0 Å². The van der Waals surface area contributed by atoms with Gasteiger partial charge in [-0.3, -0.25) is 0 Å². The molecule has 0 aromatic rings. The number of hydrogen-bond donors (Lipinski definition) is 2. The van der Waals surface area contributed by atoms with Crippen LogP contribution in [0.25, 0.3) is 0 Å².